The number of hydrogen-bond donors (Lipinski definition) is 0. The summed E-state index contributed by atoms with van der Waals surface area (Å²) in [5.74, 6) is 0.727. The summed E-state index contributed by atoms with van der Waals surface area (Å²) in [7, 11) is 1.58. The normalized spacial score (nSPS) is 15.4. The van der Waals surface area contributed by atoms with Gasteiger partial charge in [-0.3, -0.25) is 4.79 Å². The van der Waals surface area contributed by atoms with Crippen LogP contribution in [-0.4, -0.2) is 47.1 Å². The molecule has 0 aliphatic carbocycles. The van der Waals surface area contributed by atoms with Gasteiger partial charge in [0, 0.05) is 32.1 Å². The lowest BCUT2D eigenvalue weighted by atomic mass is 10.1. The molecule has 2 heterocycles. The third kappa shape index (κ3) is 5.11. The summed E-state index contributed by atoms with van der Waals surface area (Å²) in [6.45, 7) is 0.942. The number of likely N-dealkylation sites (tertiary alicyclic amines) is 1. The molecule has 0 atom stereocenters. The number of piperidine rings is 1. The standard InChI is InChI=1S/C19H20F3N3O3/c1-27-14-4-2-13(3-5-14)12-17(26)25-10-7-15(8-11-25)28-18-23-9-6-16(24-18)19(20,21)22/h2-6,9,15H,7-8,10-12H2,1H3. The van der Waals surface area contributed by atoms with Crippen LogP contribution in [0.1, 0.15) is 24.1 Å². The molecule has 28 heavy (non-hydrogen) atoms. The summed E-state index contributed by atoms with van der Waals surface area (Å²) in [6, 6.07) is 7.80. The molecule has 0 saturated carbocycles. The smallest absolute Gasteiger partial charge is 0.433 e. The van der Waals surface area contributed by atoms with Crippen molar-refractivity contribution in [2.45, 2.75) is 31.5 Å². The molecule has 0 bridgehead atoms. The van der Waals surface area contributed by atoms with Crippen LogP contribution in [0.25, 0.3) is 0 Å². The second-order valence-corrected chi connectivity index (χ2v) is 6.45. The van der Waals surface area contributed by atoms with Crippen LogP contribution in [0.2, 0.25) is 0 Å². The Morgan fingerprint density at radius 3 is 2.46 bits per heavy atom. The van der Waals surface area contributed by atoms with Crippen molar-refractivity contribution in [3.63, 3.8) is 0 Å². The molecule has 1 saturated heterocycles. The van der Waals surface area contributed by atoms with E-state index in [0.717, 1.165) is 23.6 Å². The molecule has 0 radical (unpaired) electrons. The topological polar surface area (TPSA) is 64.5 Å². The van der Waals surface area contributed by atoms with Crippen molar-refractivity contribution in [1.29, 1.82) is 0 Å². The zero-order valence-corrected chi connectivity index (χ0v) is 15.3. The molecule has 1 amide bonds. The van der Waals surface area contributed by atoms with Crippen molar-refractivity contribution in [2.75, 3.05) is 20.2 Å². The van der Waals surface area contributed by atoms with Crippen LogP contribution in [0.15, 0.2) is 36.5 Å². The van der Waals surface area contributed by atoms with Crippen LogP contribution in [0.3, 0.4) is 0 Å². The minimum absolute atomic E-state index is 0.000986. The van der Waals surface area contributed by atoms with Crippen LogP contribution in [0.4, 0.5) is 13.2 Å². The third-order valence-corrected chi connectivity index (χ3v) is 4.51. The first-order valence-corrected chi connectivity index (χ1v) is 8.83. The molecule has 3 rings (SSSR count). The lowest BCUT2D eigenvalue weighted by molar-refractivity contribution is -0.141. The van der Waals surface area contributed by atoms with Gasteiger partial charge in [0.25, 0.3) is 0 Å². The van der Waals surface area contributed by atoms with Gasteiger partial charge in [-0.15, -0.1) is 0 Å². The second kappa shape index (κ2) is 8.45. The number of amides is 1. The van der Waals surface area contributed by atoms with Gasteiger partial charge in [0.05, 0.1) is 13.5 Å². The maximum Gasteiger partial charge on any atom is 0.433 e. The first-order chi connectivity index (χ1) is 13.3. The molecule has 1 fully saturated rings. The van der Waals surface area contributed by atoms with E-state index in [1.807, 2.05) is 12.1 Å². The van der Waals surface area contributed by atoms with E-state index >= 15 is 0 Å². The van der Waals surface area contributed by atoms with E-state index in [0.29, 0.717) is 25.9 Å². The Labute approximate surface area is 160 Å². The Bertz CT molecular complexity index is 804. The molecule has 1 aromatic heterocycles. The van der Waals surface area contributed by atoms with Crippen molar-refractivity contribution in [3.8, 4) is 11.8 Å². The molecule has 0 N–H and O–H groups in total. The van der Waals surface area contributed by atoms with Gasteiger partial charge in [0.1, 0.15) is 11.9 Å². The Balaban J connectivity index is 1.50. The highest BCUT2D eigenvalue weighted by molar-refractivity contribution is 5.78. The van der Waals surface area contributed by atoms with Gasteiger partial charge in [-0.1, -0.05) is 12.1 Å². The van der Waals surface area contributed by atoms with Crippen LogP contribution in [-0.2, 0) is 17.4 Å². The molecule has 150 valence electrons. The number of nitrogens with zero attached hydrogens (tertiary/aromatic N) is 3. The molecule has 6 nitrogen and oxygen atoms in total. The lowest BCUT2D eigenvalue weighted by Crippen LogP contribution is -2.42. The second-order valence-electron chi connectivity index (χ2n) is 6.45. The number of ether oxygens (including phenoxy) is 2. The summed E-state index contributed by atoms with van der Waals surface area (Å²) < 4.78 is 48.7. The molecule has 1 aliphatic heterocycles. The number of aromatic nitrogens is 2. The minimum Gasteiger partial charge on any atom is -0.497 e. The van der Waals surface area contributed by atoms with Gasteiger partial charge in [0.2, 0.25) is 5.91 Å². The lowest BCUT2D eigenvalue weighted by Gasteiger charge is -2.31. The summed E-state index contributed by atoms with van der Waals surface area (Å²) in [6.07, 6.45) is -2.54. The maximum atomic E-state index is 12.7. The summed E-state index contributed by atoms with van der Waals surface area (Å²) in [5, 5.41) is 0. The van der Waals surface area contributed by atoms with Crippen LogP contribution in [0, 0.1) is 0 Å². The Morgan fingerprint density at radius 1 is 1.18 bits per heavy atom. The molecule has 1 aliphatic rings. The highest BCUT2D eigenvalue weighted by Crippen LogP contribution is 2.28. The number of carbonyl (C=O) groups excluding carboxylic acids is 1. The molecule has 2 aromatic rings. The zero-order valence-electron chi connectivity index (χ0n) is 15.3. The van der Waals surface area contributed by atoms with E-state index in [2.05, 4.69) is 9.97 Å². The minimum atomic E-state index is -4.54. The van der Waals surface area contributed by atoms with Crippen molar-refractivity contribution in [1.82, 2.24) is 14.9 Å². The van der Waals surface area contributed by atoms with Gasteiger partial charge in [0.15, 0.2) is 5.69 Å². The molecular weight excluding hydrogens is 375 g/mol. The summed E-state index contributed by atoms with van der Waals surface area (Å²) >= 11 is 0. The molecule has 0 spiro atoms. The number of rotatable bonds is 5. The van der Waals surface area contributed by atoms with Gasteiger partial charge in [-0.05, 0) is 23.8 Å². The molecular formula is C19H20F3N3O3. The van der Waals surface area contributed by atoms with Gasteiger partial charge < -0.3 is 14.4 Å². The summed E-state index contributed by atoms with van der Waals surface area (Å²) in [4.78, 5) is 21.3. The van der Waals surface area contributed by atoms with E-state index in [4.69, 9.17) is 9.47 Å². The third-order valence-electron chi connectivity index (χ3n) is 4.51. The predicted octanol–water partition coefficient (Wildman–Crippen LogP) is 3.12. The number of carbonyl (C=O) groups is 1. The number of methoxy groups -OCH3 is 1. The average molecular weight is 395 g/mol. The highest BCUT2D eigenvalue weighted by atomic mass is 19.4. The molecule has 9 heteroatoms. The number of alkyl halides is 3. The zero-order chi connectivity index (χ0) is 20.1. The Morgan fingerprint density at radius 2 is 1.86 bits per heavy atom. The number of benzene rings is 1. The van der Waals surface area contributed by atoms with Crippen molar-refractivity contribution in [3.05, 3.63) is 47.8 Å². The van der Waals surface area contributed by atoms with Gasteiger partial charge >= 0.3 is 12.2 Å². The maximum absolute atomic E-state index is 12.7. The Hall–Kier alpha value is -2.84. The van der Waals surface area contributed by atoms with E-state index in [9.17, 15) is 18.0 Å². The number of hydrogen-bond acceptors (Lipinski definition) is 5. The monoisotopic (exact) mass is 395 g/mol. The fourth-order valence-electron chi connectivity index (χ4n) is 2.96. The van der Waals surface area contributed by atoms with Crippen molar-refractivity contribution >= 4 is 5.91 Å². The predicted molar refractivity (Wildman–Crippen MR) is 94.0 cm³/mol. The van der Waals surface area contributed by atoms with E-state index in [-0.39, 0.29) is 24.4 Å². The number of halogens is 3. The van der Waals surface area contributed by atoms with Gasteiger partial charge in [-0.25, -0.2) is 4.98 Å². The molecule has 1 aromatic carbocycles. The fourth-order valence-corrected chi connectivity index (χ4v) is 2.96. The highest BCUT2D eigenvalue weighted by Gasteiger charge is 2.33. The van der Waals surface area contributed by atoms with E-state index in [1.54, 1.807) is 24.1 Å². The molecule has 0 unspecified atom stereocenters. The van der Waals surface area contributed by atoms with Crippen LogP contribution < -0.4 is 9.47 Å². The first kappa shape index (κ1) is 19.9. The van der Waals surface area contributed by atoms with Gasteiger partial charge in [-0.2, -0.15) is 18.2 Å². The van der Waals surface area contributed by atoms with Crippen LogP contribution in [0.5, 0.6) is 11.8 Å². The summed E-state index contributed by atoms with van der Waals surface area (Å²) in [5.41, 5.74) is -0.147. The van der Waals surface area contributed by atoms with E-state index in [1.165, 1.54) is 0 Å². The Kier molecular flexibility index (Phi) is 6.01. The average Bonchev–Trinajstić information content (AvgIpc) is 2.69. The van der Waals surface area contributed by atoms with Crippen molar-refractivity contribution in [2.24, 2.45) is 0 Å². The fraction of sp³-hybridized carbons (Fsp3) is 0.421. The first-order valence-electron chi connectivity index (χ1n) is 8.83. The van der Waals surface area contributed by atoms with Crippen molar-refractivity contribution < 1.29 is 27.4 Å². The quantitative estimate of drug-likeness (QED) is 0.778. The SMILES string of the molecule is COc1ccc(CC(=O)N2CCC(Oc3nccc(C(F)(F)F)n3)CC2)cc1. The largest absolute Gasteiger partial charge is 0.497 e. The van der Waals surface area contributed by atoms with Crippen LogP contribution >= 0.6 is 0 Å². The van der Waals surface area contributed by atoms with E-state index < -0.39 is 11.9 Å².